The lowest BCUT2D eigenvalue weighted by molar-refractivity contribution is -0.118. The third-order valence-electron chi connectivity index (χ3n) is 2.39. The second-order valence-electron chi connectivity index (χ2n) is 4.45. The lowest BCUT2D eigenvalue weighted by Gasteiger charge is -2.03. The van der Waals surface area contributed by atoms with Gasteiger partial charge in [0.15, 0.2) is 5.03 Å². The number of pyridine rings is 1. The lowest BCUT2D eigenvalue weighted by atomic mass is 10.3. The molecule has 2 heterocycles. The molecule has 0 aromatic carbocycles. The molecule has 0 fully saturated rings. The molecule has 0 aliphatic rings. The highest BCUT2D eigenvalue weighted by atomic mass is 32.2. The molecule has 26 heavy (non-hydrogen) atoms. The van der Waals surface area contributed by atoms with Crippen molar-refractivity contribution in [3.63, 3.8) is 0 Å². The van der Waals surface area contributed by atoms with Crippen molar-refractivity contribution in [2.45, 2.75) is 5.03 Å². The normalized spacial score (nSPS) is 13.3. The van der Waals surface area contributed by atoms with E-state index >= 15 is 0 Å². The number of carbonyl (C=O) groups excluding carboxylic acids is 1. The van der Waals surface area contributed by atoms with Crippen molar-refractivity contribution in [2.24, 2.45) is 10.2 Å². The summed E-state index contributed by atoms with van der Waals surface area (Å²) in [6.07, 6.45) is 2.58. The van der Waals surface area contributed by atoms with Crippen molar-refractivity contribution < 1.29 is 13.2 Å². The fraction of sp³-hybridized carbons (Fsp3) is 0.0909. The molecule has 0 radical (unpaired) electrons. The van der Waals surface area contributed by atoms with Crippen LogP contribution in [0.2, 0.25) is 0 Å². The zero-order valence-electron chi connectivity index (χ0n) is 12.8. The second-order valence-corrected chi connectivity index (χ2v) is 6.67. The second kappa shape index (κ2) is 8.37. The van der Waals surface area contributed by atoms with Gasteiger partial charge in [0.2, 0.25) is 11.8 Å². The first kappa shape index (κ1) is 19.3. The van der Waals surface area contributed by atoms with Crippen LogP contribution >= 0.6 is 11.8 Å². The van der Waals surface area contributed by atoms with Crippen LogP contribution in [0, 0.1) is 4.78 Å². The number of nitrogens with one attached hydrogen (secondary N) is 4. The molecule has 1 unspecified atom stereocenters. The van der Waals surface area contributed by atoms with Crippen LogP contribution in [0.5, 0.6) is 5.88 Å². The Morgan fingerprint density at radius 2 is 2.27 bits per heavy atom. The first-order valence-electron chi connectivity index (χ1n) is 6.58. The number of thioether (sulfide) groups is 1. The van der Waals surface area contributed by atoms with Gasteiger partial charge in [0.25, 0.3) is 15.8 Å². The number of hydrogen-bond acceptors (Lipinski definition) is 10. The van der Waals surface area contributed by atoms with Crippen molar-refractivity contribution in [3.05, 3.63) is 44.7 Å². The molecule has 0 bridgehead atoms. The van der Waals surface area contributed by atoms with E-state index in [2.05, 4.69) is 24.8 Å². The first-order chi connectivity index (χ1) is 12.2. The van der Waals surface area contributed by atoms with E-state index in [1.165, 1.54) is 24.5 Å². The van der Waals surface area contributed by atoms with Gasteiger partial charge in [-0.3, -0.25) is 14.6 Å². The highest BCUT2D eigenvalue weighted by Gasteiger charge is 2.07. The van der Waals surface area contributed by atoms with Crippen molar-refractivity contribution in [1.29, 1.82) is 4.78 Å². The lowest BCUT2D eigenvalue weighted by Crippen LogP contribution is -2.26. The van der Waals surface area contributed by atoms with Crippen LogP contribution in [0.3, 0.4) is 0 Å². The van der Waals surface area contributed by atoms with E-state index in [4.69, 9.17) is 9.92 Å². The van der Waals surface area contributed by atoms with E-state index in [0.29, 0.717) is 5.56 Å². The van der Waals surface area contributed by atoms with Crippen LogP contribution in [0.1, 0.15) is 5.56 Å². The molecule has 2 rings (SSSR count). The van der Waals surface area contributed by atoms with Gasteiger partial charge in [0.1, 0.15) is 0 Å². The molecule has 15 heteroatoms. The Hall–Kier alpha value is -3.04. The van der Waals surface area contributed by atoms with E-state index in [0.717, 1.165) is 11.8 Å². The Morgan fingerprint density at radius 3 is 2.88 bits per heavy atom. The topological polar surface area (TPSA) is 209 Å². The quantitative estimate of drug-likeness (QED) is 0.205. The zero-order chi connectivity index (χ0) is 19.2. The van der Waals surface area contributed by atoms with E-state index in [1.54, 1.807) is 0 Å². The Kier molecular flexibility index (Phi) is 6.21. The molecular formula is C11H12N8O5S2. The summed E-state index contributed by atoms with van der Waals surface area (Å²) in [5, 5.41) is 14.1. The Morgan fingerprint density at radius 1 is 1.50 bits per heavy atom. The van der Waals surface area contributed by atoms with E-state index in [1.807, 2.05) is 10.1 Å². The van der Waals surface area contributed by atoms with E-state index in [-0.39, 0.29) is 16.7 Å². The average Bonchev–Trinajstić information content (AvgIpc) is 2.54. The number of hydrogen-bond donors (Lipinski definition) is 5. The summed E-state index contributed by atoms with van der Waals surface area (Å²) < 4.78 is 22.5. The molecule has 0 aliphatic carbocycles. The number of carbonyl (C=O) groups is 1. The summed E-state index contributed by atoms with van der Waals surface area (Å²) in [6, 6.07) is 2.82. The minimum Gasteiger partial charge on any atom is -0.364 e. The summed E-state index contributed by atoms with van der Waals surface area (Å²) in [7, 11) is -3.66. The molecule has 1 atom stereocenters. The van der Waals surface area contributed by atoms with Gasteiger partial charge in [-0.25, -0.2) is 30.2 Å². The molecule has 2 aromatic rings. The van der Waals surface area contributed by atoms with Crippen molar-refractivity contribution in [3.8, 4) is 5.88 Å². The Labute approximate surface area is 149 Å². The molecule has 0 saturated heterocycles. The number of nitrogens with zero attached hydrogens (tertiary/aromatic N) is 3. The summed E-state index contributed by atoms with van der Waals surface area (Å²) >= 11 is 0.821. The minimum absolute atomic E-state index is 0.0607. The molecule has 13 nitrogen and oxygen atoms in total. The molecule has 6 N–H and O–H groups in total. The standard InChI is InChI=1S/C11H12N8O5S2/c12-26(13,23)24-8-2-1-6(3-14-8)4-15-17-7(20)5-25-10-9(21)16-11(22)19-18-10/h1-4H,5H2,(H,17,20)(H3,12,13,23)(H2,16,19,21,22). The molecule has 0 saturated carbocycles. The fourth-order valence-corrected chi connectivity index (χ4v) is 2.40. The van der Waals surface area contributed by atoms with E-state index < -0.39 is 27.4 Å². The monoisotopic (exact) mass is 400 g/mol. The first-order valence-corrected chi connectivity index (χ1v) is 9.12. The van der Waals surface area contributed by atoms with Crippen molar-refractivity contribution in [2.75, 3.05) is 5.75 Å². The molecule has 2 aromatic heterocycles. The van der Waals surface area contributed by atoms with E-state index in [9.17, 15) is 18.6 Å². The minimum atomic E-state index is -3.66. The van der Waals surface area contributed by atoms with Gasteiger partial charge in [-0.05, 0) is 6.07 Å². The average molecular weight is 400 g/mol. The maximum Gasteiger partial charge on any atom is 0.342 e. The molecule has 0 aliphatic heterocycles. The van der Waals surface area contributed by atoms with Gasteiger partial charge >= 0.3 is 5.69 Å². The summed E-state index contributed by atoms with van der Waals surface area (Å²) in [5.74, 6) is -0.758. The number of nitrogens with two attached hydrogens (primary N) is 1. The SMILES string of the molecule is N=S(N)(=O)Oc1ccc(C=NNC(=O)CSc2n[nH]c(=O)[nH]c2=O)cn1. The number of aromatic amines is 2. The predicted molar refractivity (Wildman–Crippen MR) is 91.9 cm³/mol. The Bertz CT molecular complexity index is 1030. The summed E-state index contributed by atoms with van der Waals surface area (Å²) in [4.78, 5) is 39.6. The van der Waals surface area contributed by atoms with Crippen LogP contribution in [0.4, 0.5) is 0 Å². The largest absolute Gasteiger partial charge is 0.364 e. The third-order valence-corrected chi connectivity index (χ3v) is 3.77. The zero-order valence-corrected chi connectivity index (χ0v) is 14.4. The summed E-state index contributed by atoms with van der Waals surface area (Å²) in [5.41, 5.74) is 1.27. The fourth-order valence-electron chi connectivity index (χ4n) is 1.42. The smallest absolute Gasteiger partial charge is 0.342 e. The molecular weight excluding hydrogens is 388 g/mol. The maximum absolute atomic E-state index is 11.6. The van der Waals surface area contributed by atoms with Crippen LogP contribution in [-0.2, 0) is 15.0 Å². The van der Waals surface area contributed by atoms with Crippen LogP contribution in [0.25, 0.3) is 0 Å². The van der Waals surface area contributed by atoms with Crippen LogP contribution < -0.4 is 26.0 Å². The van der Waals surface area contributed by atoms with Crippen molar-refractivity contribution >= 4 is 34.1 Å². The molecule has 1 amide bonds. The van der Waals surface area contributed by atoms with Crippen LogP contribution in [0.15, 0.2) is 38.0 Å². The van der Waals surface area contributed by atoms with Gasteiger partial charge in [0, 0.05) is 17.8 Å². The number of amides is 1. The maximum atomic E-state index is 11.6. The van der Waals surface area contributed by atoms with Gasteiger partial charge in [-0.15, -0.1) is 0 Å². The van der Waals surface area contributed by atoms with Crippen LogP contribution in [-0.4, -0.2) is 42.2 Å². The Balaban J connectivity index is 1.84. The third kappa shape index (κ3) is 6.46. The van der Waals surface area contributed by atoms with Crippen molar-refractivity contribution in [1.82, 2.24) is 25.6 Å². The number of rotatable bonds is 7. The molecule has 0 spiro atoms. The number of H-pyrrole nitrogens is 2. The summed E-state index contributed by atoms with van der Waals surface area (Å²) in [6.45, 7) is 0. The highest BCUT2D eigenvalue weighted by Crippen LogP contribution is 2.08. The number of hydrazone groups is 1. The molecule has 138 valence electrons. The van der Waals surface area contributed by atoms with Gasteiger partial charge in [-0.1, -0.05) is 11.8 Å². The predicted octanol–water partition coefficient (Wildman–Crippen LogP) is -1.69. The van der Waals surface area contributed by atoms with Gasteiger partial charge in [0.05, 0.1) is 12.0 Å². The van der Waals surface area contributed by atoms with Gasteiger partial charge < -0.3 is 4.18 Å². The van der Waals surface area contributed by atoms with Gasteiger partial charge in [-0.2, -0.15) is 14.4 Å². The number of aromatic nitrogens is 4. The highest BCUT2D eigenvalue weighted by molar-refractivity contribution is 7.99.